The van der Waals surface area contributed by atoms with Gasteiger partial charge in [-0.1, -0.05) is 20.8 Å². The van der Waals surface area contributed by atoms with Gasteiger partial charge in [-0.15, -0.1) is 0 Å². The lowest BCUT2D eigenvalue weighted by atomic mass is 9.96. The van der Waals surface area contributed by atoms with E-state index in [9.17, 15) is 9.59 Å². The Labute approximate surface area is 79.3 Å². The van der Waals surface area contributed by atoms with Crippen LogP contribution in [0.1, 0.15) is 20.8 Å². The highest BCUT2D eigenvalue weighted by atomic mass is 16.2. The molecule has 0 aromatic heterocycles. The van der Waals surface area contributed by atoms with E-state index in [-0.39, 0.29) is 18.4 Å². The van der Waals surface area contributed by atoms with E-state index in [1.807, 2.05) is 20.8 Å². The Morgan fingerprint density at radius 1 is 1.23 bits per heavy atom. The molecule has 0 unspecified atom stereocenters. The third-order valence-electron chi connectivity index (χ3n) is 1.58. The number of likely N-dealkylation sites (N-methyl/N-ethyl adjacent to an activating group) is 1. The van der Waals surface area contributed by atoms with Crippen LogP contribution in [0.25, 0.3) is 0 Å². The zero-order valence-corrected chi connectivity index (χ0v) is 8.97. The topological polar surface area (TPSA) is 49.4 Å². The van der Waals surface area contributed by atoms with E-state index in [0.717, 1.165) is 0 Å². The van der Waals surface area contributed by atoms with Crippen molar-refractivity contribution in [1.29, 1.82) is 0 Å². The standard InChI is InChI=1S/C9H18N2O2/c1-9(2,3)8(13)10-6-7(12)11(4)5/h6H2,1-5H3,(H,10,13). The van der Waals surface area contributed by atoms with Crippen LogP contribution in [0.2, 0.25) is 0 Å². The number of nitrogens with zero attached hydrogens (tertiary/aromatic N) is 1. The molecular formula is C9H18N2O2. The van der Waals surface area contributed by atoms with Crippen molar-refractivity contribution in [2.45, 2.75) is 20.8 Å². The maximum absolute atomic E-state index is 11.3. The van der Waals surface area contributed by atoms with E-state index < -0.39 is 5.41 Å². The Kier molecular flexibility index (Phi) is 3.91. The molecule has 2 amide bonds. The predicted molar refractivity (Wildman–Crippen MR) is 51.2 cm³/mol. The van der Waals surface area contributed by atoms with E-state index in [2.05, 4.69) is 5.32 Å². The van der Waals surface area contributed by atoms with Gasteiger partial charge in [0.1, 0.15) is 0 Å². The molecule has 0 saturated carbocycles. The first-order valence-corrected chi connectivity index (χ1v) is 4.23. The summed E-state index contributed by atoms with van der Waals surface area (Å²) in [6.45, 7) is 5.50. The lowest BCUT2D eigenvalue weighted by molar-refractivity contribution is -0.133. The van der Waals surface area contributed by atoms with Gasteiger partial charge in [-0.2, -0.15) is 0 Å². The van der Waals surface area contributed by atoms with Crippen molar-refractivity contribution in [2.75, 3.05) is 20.6 Å². The van der Waals surface area contributed by atoms with E-state index in [1.54, 1.807) is 14.1 Å². The smallest absolute Gasteiger partial charge is 0.241 e. The van der Waals surface area contributed by atoms with Gasteiger partial charge in [0.25, 0.3) is 0 Å². The molecule has 0 saturated heterocycles. The molecule has 0 radical (unpaired) electrons. The lowest BCUT2D eigenvalue weighted by Gasteiger charge is -2.18. The van der Waals surface area contributed by atoms with Crippen LogP contribution in [0, 0.1) is 5.41 Å². The molecule has 0 heterocycles. The fourth-order valence-corrected chi connectivity index (χ4v) is 0.579. The van der Waals surface area contributed by atoms with Crippen LogP contribution >= 0.6 is 0 Å². The Hall–Kier alpha value is -1.06. The minimum absolute atomic E-state index is 0.0725. The summed E-state index contributed by atoms with van der Waals surface area (Å²) in [5.74, 6) is -0.208. The van der Waals surface area contributed by atoms with Crippen molar-refractivity contribution < 1.29 is 9.59 Å². The summed E-state index contributed by atoms with van der Waals surface area (Å²) in [5.41, 5.74) is -0.438. The van der Waals surface area contributed by atoms with Gasteiger partial charge in [-0.3, -0.25) is 9.59 Å². The molecule has 1 N–H and O–H groups in total. The number of rotatable bonds is 2. The Bertz CT molecular complexity index is 204. The summed E-state index contributed by atoms with van der Waals surface area (Å²) >= 11 is 0. The summed E-state index contributed by atoms with van der Waals surface area (Å²) in [7, 11) is 3.32. The molecule has 0 aliphatic carbocycles. The predicted octanol–water partition coefficient (Wildman–Crippen LogP) is 0.237. The minimum atomic E-state index is -0.438. The Balaban J connectivity index is 3.92. The van der Waals surface area contributed by atoms with Crippen molar-refractivity contribution in [2.24, 2.45) is 5.41 Å². The number of amides is 2. The number of carbonyl (C=O) groups is 2. The second-order valence-electron chi connectivity index (χ2n) is 4.22. The van der Waals surface area contributed by atoms with Crippen molar-refractivity contribution in [3.05, 3.63) is 0 Å². The number of nitrogens with one attached hydrogen (secondary N) is 1. The molecule has 0 aliphatic rings. The second-order valence-corrected chi connectivity index (χ2v) is 4.22. The molecule has 0 aromatic rings. The van der Waals surface area contributed by atoms with Gasteiger partial charge in [0.15, 0.2) is 0 Å². The van der Waals surface area contributed by atoms with Crippen LogP contribution < -0.4 is 5.32 Å². The van der Waals surface area contributed by atoms with E-state index >= 15 is 0 Å². The van der Waals surface area contributed by atoms with Crippen molar-refractivity contribution in [3.8, 4) is 0 Å². The van der Waals surface area contributed by atoms with Gasteiger partial charge in [0.2, 0.25) is 11.8 Å². The van der Waals surface area contributed by atoms with E-state index in [1.165, 1.54) is 4.90 Å². The molecule has 0 atom stereocenters. The zero-order chi connectivity index (χ0) is 10.6. The highest BCUT2D eigenvalue weighted by Crippen LogP contribution is 2.11. The number of hydrogen-bond donors (Lipinski definition) is 1. The summed E-state index contributed by atoms with van der Waals surface area (Å²) in [6, 6.07) is 0. The largest absolute Gasteiger partial charge is 0.347 e. The number of carbonyl (C=O) groups excluding carboxylic acids is 2. The lowest BCUT2D eigenvalue weighted by Crippen LogP contribution is -2.41. The van der Waals surface area contributed by atoms with Gasteiger partial charge >= 0.3 is 0 Å². The third-order valence-corrected chi connectivity index (χ3v) is 1.58. The van der Waals surface area contributed by atoms with Crippen molar-refractivity contribution >= 4 is 11.8 Å². The normalized spacial score (nSPS) is 10.8. The molecule has 76 valence electrons. The Morgan fingerprint density at radius 3 is 2.00 bits per heavy atom. The number of hydrogen-bond acceptors (Lipinski definition) is 2. The van der Waals surface area contributed by atoms with Crippen LogP contribution in [0.5, 0.6) is 0 Å². The van der Waals surface area contributed by atoms with Crippen molar-refractivity contribution in [3.63, 3.8) is 0 Å². The van der Waals surface area contributed by atoms with Gasteiger partial charge in [0, 0.05) is 19.5 Å². The fraction of sp³-hybridized carbons (Fsp3) is 0.778. The average Bonchev–Trinajstić information content (AvgIpc) is 1.97. The highest BCUT2D eigenvalue weighted by molar-refractivity contribution is 5.86. The summed E-state index contributed by atoms with van der Waals surface area (Å²) in [6.07, 6.45) is 0. The summed E-state index contributed by atoms with van der Waals surface area (Å²) < 4.78 is 0. The molecular weight excluding hydrogens is 168 g/mol. The molecule has 0 fully saturated rings. The second kappa shape index (κ2) is 4.25. The van der Waals surface area contributed by atoms with Gasteiger partial charge in [-0.25, -0.2) is 0 Å². The van der Waals surface area contributed by atoms with Crippen LogP contribution in [0.15, 0.2) is 0 Å². The van der Waals surface area contributed by atoms with Crippen molar-refractivity contribution in [1.82, 2.24) is 10.2 Å². The Morgan fingerprint density at radius 2 is 1.69 bits per heavy atom. The zero-order valence-electron chi connectivity index (χ0n) is 8.97. The molecule has 4 heteroatoms. The summed E-state index contributed by atoms with van der Waals surface area (Å²) in [5, 5.41) is 2.57. The monoisotopic (exact) mass is 186 g/mol. The first kappa shape index (κ1) is 11.9. The van der Waals surface area contributed by atoms with Gasteiger partial charge in [0.05, 0.1) is 6.54 Å². The fourth-order valence-electron chi connectivity index (χ4n) is 0.579. The van der Waals surface area contributed by atoms with Crippen LogP contribution in [-0.4, -0.2) is 37.4 Å². The maximum atomic E-state index is 11.3. The third kappa shape index (κ3) is 4.50. The SMILES string of the molecule is CN(C)C(=O)CNC(=O)C(C)(C)C. The molecule has 0 rings (SSSR count). The minimum Gasteiger partial charge on any atom is -0.347 e. The van der Waals surface area contributed by atoms with Crippen LogP contribution in [-0.2, 0) is 9.59 Å². The van der Waals surface area contributed by atoms with Gasteiger partial charge < -0.3 is 10.2 Å². The van der Waals surface area contributed by atoms with Crippen LogP contribution in [0.4, 0.5) is 0 Å². The van der Waals surface area contributed by atoms with Crippen LogP contribution in [0.3, 0.4) is 0 Å². The molecule has 0 aliphatic heterocycles. The first-order chi connectivity index (χ1) is 5.75. The molecule has 13 heavy (non-hydrogen) atoms. The quantitative estimate of drug-likeness (QED) is 0.671. The van der Waals surface area contributed by atoms with Gasteiger partial charge in [-0.05, 0) is 0 Å². The first-order valence-electron chi connectivity index (χ1n) is 4.23. The molecule has 4 nitrogen and oxygen atoms in total. The molecule has 0 bridgehead atoms. The van der Waals surface area contributed by atoms with E-state index in [0.29, 0.717) is 0 Å². The highest BCUT2D eigenvalue weighted by Gasteiger charge is 2.21. The molecule has 0 aromatic carbocycles. The average molecular weight is 186 g/mol. The van der Waals surface area contributed by atoms with E-state index in [4.69, 9.17) is 0 Å². The maximum Gasteiger partial charge on any atom is 0.241 e. The molecule has 0 spiro atoms. The summed E-state index contributed by atoms with van der Waals surface area (Å²) in [4.78, 5) is 23.8.